The van der Waals surface area contributed by atoms with E-state index in [2.05, 4.69) is 5.32 Å². The predicted octanol–water partition coefficient (Wildman–Crippen LogP) is 0.633. The van der Waals surface area contributed by atoms with Crippen LogP contribution in [-0.4, -0.2) is 25.7 Å². The van der Waals surface area contributed by atoms with Crippen molar-refractivity contribution in [3.8, 4) is 0 Å². The zero-order valence-electron chi connectivity index (χ0n) is 10.6. The van der Waals surface area contributed by atoms with Gasteiger partial charge in [-0.25, -0.2) is 13.6 Å². The minimum Gasteiger partial charge on any atom is -0.396 e. The molecule has 0 radical (unpaired) electrons. The minimum atomic E-state index is -3.84. The Morgan fingerprint density at radius 1 is 1.32 bits per heavy atom. The Bertz CT molecular complexity index is 566. The molecule has 0 amide bonds. The van der Waals surface area contributed by atoms with Gasteiger partial charge >= 0.3 is 0 Å². The number of nitrogens with one attached hydrogen (secondary N) is 1. The summed E-state index contributed by atoms with van der Waals surface area (Å²) in [5.41, 5.74) is 6.05. The lowest BCUT2D eigenvalue weighted by molar-refractivity contribution is 0.214. The quantitative estimate of drug-likeness (QED) is 0.605. The number of sulfonamides is 1. The highest BCUT2D eigenvalue weighted by molar-refractivity contribution is 7.89. The Morgan fingerprint density at radius 2 is 1.95 bits per heavy atom. The first-order chi connectivity index (χ1) is 8.88. The van der Waals surface area contributed by atoms with Gasteiger partial charge in [-0.2, -0.15) is 0 Å². The van der Waals surface area contributed by atoms with Crippen LogP contribution in [0.15, 0.2) is 23.1 Å². The van der Waals surface area contributed by atoms with E-state index in [1.54, 1.807) is 12.1 Å². The first-order valence-electron chi connectivity index (χ1n) is 6.18. The van der Waals surface area contributed by atoms with Gasteiger partial charge in [-0.05, 0) is 25.0 Å². The van der Waals surface area contributed by atoms with Gasteiger partial charge < -0.3 is 16.2 Å². The van der Waals surface area contributed by atoms with Crippen LogP contribution in [0.5, 0.6) is 0 Å². The third-order valence-corrected chi connectivity index (χ3v) is 4.60. The molecule has 0 saturated heterocycles. The number of rotatable bonds is 4. The number of para-hydroxylation sites is 1. The summed E-state index contributed by atoms with van der Waals surface area (Å²) in [4.78, 5) is -0.0939. The zero-order valence-corrected chi connectivity index (χ0v) is 11.4. The third kappa shape index (κ3) is 2.83. The van der Waals surface area contributed by atoms with Gasteiger partial charge in [-0.1, -0.05) is 18.9 Å². The van der Waals surface area contributed by atoms with E-state index in [1.165, 1.54) is 6.07 Å². The van der Waals surface area contributed by atoms with Crippen molar-refractivity contribution in [1.82, 2.24) is 0 Å². The SMILES string of the molecule is Nc1c(NC2(CO)CCCC2)cccc1S(N)(=O)=O. The van der Waals surface area contributed by atoms with E-state index in [-0.39, 0.29) is 17.2 Å². The van der Waals surface area contributed by atoms with Crippen molar-refractivity contribution in [3.05, 3.63) is 18.2 Å². The highest BCUT2D eigenvalue weighted by Crippen LogP contribution is 2.35. The zero-order chi connectivity index (χ0) is 14.1. The van der Waals surface area contributed by atoms with Gasteiger partial charge in [0.1, 0.15) is 4.90 Å². The molecule has 0 aliphatic heterocycles. The third-order valence-electron chi connectivity index (χ3n) is 3.64. The molecule has 1 saturated carbocycles. The molecule has 0 heterocycles. The van der Waals surface area contributed by atoms with Crippen LogP contribution in [0.1, 0.15) is 25.7 Å². The Hall–Kier alpha value is -1.31. The molecule has 1 aromatic carbocycles. The Morgan fingerprint density at radius 3 is 2.47 bits per heavy atom. The van der Waals surface area contributed by atoms with E-state index in [4.69, 9.17) is 10.9 Å². The van der Waals surface area contributed by atoms with Crippen molar-refractivity contribution in [3.63, 3.8) is 0 Å². The Labute approximate surface area is 112 Å². The lowest BCUT2D eigenvalue weighted by Crippen LogP contribution is -2.39. The Kier molecular flexibility index (Phi) is 3.71. The molecular weight excluding hydrogens is 266 g/mol. The van der Waals surface area contributed by atoms with E-state index in [9.17, 15) is 13.5 Å². The standard InChI is InChI=1S/C12H19N3O3S/c13-11-9(4-3-5-10(11)19(14,17)18)15-12(8-16)6-1-2-7-12/h3-5,15-16H,1-2,6-8,13H2,(H2,14,17,18). The summed E-state index contributed by atoms with van der Waals surface area (Å²) in [7, 11) is -3.84. The molecule has 2 rings (SSSR count). The summed E-state index contributed by atoms with van der Waals surface area (Å²) in [6.07, 6.45) is 3.73. The topological polar surface area (TPSA) is 118 Å². The molecule has 106 valence electrons. The van der Waals surface area contributed by atoms with Crippen molar-refractivity contribution in [2.75, 3.05) is 17.7 Å². The number of nitrogens with two attached hydrogens (primary N) is 2. The van der Waals surface area contributed by atoms with Gasteiger partial charge in [0.25, 0.3) is 0 Å². The first-order valence-corrected chi connectivity index (χ1v) is 7.73. The molecular formula is C12H19N3O3S. The largest absolute Gasteiger partial charge is 0.396 e. The fourth-order valence-corrected chi connectivity index (χ4v) is 3.25. The summed E-state index contributed by atoms with van der Waals surface area (Å²) in [5.74, 6) is 0. The number of hydrogen-bond acceptors (Lipinski definition) is 5. The van der Waals surface area contributed by atoms with E-state index < -0.39 is 15.6 Å². The molecule has 0 aromatic heterocycles. The highest BCUT2D eigenvalue weighted by atomic mass is 32.2. The molecule has 0 atom stereocenters. The summed E-state index contributed by atoms with van der Waals surface area (Å²) >= 11 is 0. The number of nitrogen functional groups attached to an aromatic ring is 1. The molecule has 19 heavy (non-hydrogen) atoms. The molecule has 0 unspecified atom stereocenters. The van der Waals surface area contributed by atoms with Crippen LogP contribution in [-0.2, 0) is 10.0 Å². The molecule has 6 nitrogen and oxygen atoms in total. The van der Waals surface area contributed by atoms with E-state index in [0.29, 0.717) is 5.69 Å². The second-order valence-electron chi connectivity index (χ2n) is 5.03. The predicted molar refractivity (Wildman–Crippen MR) is 74.1 cm³/mol. The van der Waals surface area contributed by atoms with Crippen LogP contribution < -0.4 is 16.2 Å². The molecule has 6 N–H and O–H groups in total. The van der Waals surface area contributed by atoms with Crippen LogP contribution in [0, 0.1) is 0 Å². The van der Waals surface area contributed by atoms with E-state index in [1.807, 2.05) is 0 Å². The normalized spacial score (nSPS) is 18.4. The van der Waals surface area contributed by atoms with Crippen molar-refractivity contribution < 1.29 is 13.5 Å². The number of aliphatic hydroxyl groups excluding tert-OH is 1. The monoisotopic (exact) mass is 285 g/mol. The van der Waals surface area contributed by atoms with Crippen LogP contribution in [0.4, 0.5) is 11.4 Å². The number of hydrogen-bond donors (Lipinski definition) is 4. The van der Waals surface area contributed by atoms with Crippen LogP contribution in [0.3, 0.4) is 0 Å². The summed E-state index contributed by atoms with van der Waals surface area (Å²) in [6, 6.07) is 4.65. The maximum atomic E-state index is 11.4. The van der Waals surface area contributed by atoms with Gasteiger partial charge in [0.2, 0.25) is 10.0 Å². The van der Waals surface area contributed by atoms with Crippen LogP contribution in [0.25, 0.3) is 0 Å². The minimum absolute atomic E-state index is 0.00789. The fourth-order valence-electron chi connectivity index (χ4n) is 2.56. The van der Waals surface area contributed by atoms with Gasteiger partial charge in [0.05, 0.1) is 23.5 Å². The average Bonchev–Trinajstić information content (AvgIpc) is 2.80. The van der Waals surface area contributed by atoms with Crippen molar-refractivity contribution in [2.45, 2.75) is 36.1 Å². The van der Waals surface area contributed by atoms with Crippen molar-refractivity contribution in [2.24, 2.45) is 5.14 Å². The van der Waals surface area contributed by atoms with Gasteiger partial charge in [-0.3, -0.25) is 0 Å². The second kappa shape index (κ2) is 4.99. The highest BCUT2D eigenvalue weighted by Gasteiger charge is 2.33. The number of aliphatic hydroxyl groups is 1. The summed E-state index contributed by atoms with van der Waals surface area (Å²) in [5, 5.41) is 17.9. The van der Waals surface area contributed by atoms with Crippen molar-refractivity contribution in [1.29, 1.82) is 0 Å². The number of primary sulfonamides is 1. The van der Waals surface area contributed by atoms with Crippen LogP contribution in [0.2, 0.25) is 0 Å². The summed E-state index contributed by atoms with van der Waals surface area (Å²) < 4.78 is 22.8. The maximum Gasteiger partial charge on any atom is 0.240 e. The van der Waals surface area contributed by atoms with Gasteiger partial charge in [-0.15, -0.1) is 0 Å². The number of benzene rings is 1. The molecule has 1 fully saturated rings. The molecule has 0 bridgehead atoms. The van der Waals surface area contributed by atoms with Gasteiger partial charge in [0.15, 0.2) is 0 Å². The van der Waals surface area contributed by atoms with Gasteiger partial charge in [0, 0.05) is 0 Å². The lowest BCUT2D eigenvalue weighted by Gasteiger charge is -2.30. The smallest absolute Gasteiger partial charge is 0.240 e. The molecule has 1 aromatic rings. The molecule has 1 aliphatic rings. The lowest BCUT2D eigenvalue weighted by atomic mass is 9.98. The Balaban J connectivity index is 2.36. The maximum absolute atomic E-state index is 11.4. The fraction of sp³-hybridized carbons (Fsp3) is 0.500. The summed E-state index contributed by atoms with van der Waals surface area (Å²) in [6.45, 7) is -0.00789. The molecule has 1 aliphatic carbocycles. The van der Waals surface area contributed by atoms with E-state index in [0.717, 1.165) is 25.7 Å². The first kappa shape index (κ1) is 14.1. The van der Waals surface area contributed by atoms with Crippen molar-refractivity contribution >= 4 is 21.4 Å². The average molecular weight is 285 g/mol. The van der Waals surface area contributed by atoms with Crippen LogP contribution >= 0.6 is 0 Å². The molecule has 7 heteroatoms. The molecule has 0 spiro atoms. The number of anilines is 2. The van der Waals surface area contributed by atoms with E-state index >= 15 is 0 Å². The second-order valence-corrected chi connectivity index (χ2v) is 6.56.